The highest BCUT2D eigenvalue weighted by Crippen LogP contribution is 2.31. The van der Waals surface area contributed by atoms with Crippen LogP contribution in [0.3, 0.4) is 0 Å². The Bertz CT molecular complexity index is 790. The summed E-state index contributed by atoms with van der Waals surface area (Å²) in [7, 11) is 1.57. The fourth-order valence-corrected chi connectivity index (χ4v) is 3.53. The molecule has 1 heterocycles. The van der Waals surface area contributed by atoms with E-state index in [2.05, 4.69) is 41.4 Å². The van der Waals surface area contributed by atoms with Crippen molar-refractivity contribution in [2.24, 2.45) is 0 Å². The molecule has 144 valence electrons. The molecular formula is C21H26ClN3O2. The molecule has 1 aliphatic rings. The van der Waals surface area contributed by atoms with Gasteiger partial charge in [-0.15, -0.1) is 0 Å². The smallest absolute Gasteiger partial charge is 0.322 e. The number of hydrogen-bond donors (Lipinski definition) is 1. The highest BCUT2D eigenvalue weighted by Gasteiger charge is 2.25. The Hall–Kier alpha value is -2.24. The number of rotatable bonds is 4. The zero-order chi connectivity index (χ0) is 19.4. The molecule has 3 rings (SSSR count). The van der Waals surface area contributed by atoms with E-state index in [1.807, 2.05) is 24.0 Å². The van der Waals surface area contributed by atoms with Gasteiger partial charge >= 0.3 is 6.03 Å². The number of urea groups is 1. The third kappa shape index (κ3) is 4.54. The number of carbonyl (C=O) groups is 1. The summed E-state index contributed by atoms with van der Waals surface area (Å²) in [5.74, 6) is 0.565. The Kier molecular flexibility index (Phi) is 6.24. The summed E-state index contributed by atoms with van der Waals surface area (Å²) in [5, 5.41) is 3.58. The number of amides is 2. The lowest BCUT2D eigenvalue weighted by atomic mass is 10.1. The van der Waals surface area contributed by atoms with Crippen molar-refractivity contribution in [3.8, 4) is 5.75 Å². The molecule has 1 saturated heterocycles. The lowest BCUT2D eigenvalue weighted by molar-refractivity contribution is 0.119. The standard InChI is InChI=1S/C21H26ClN3O2/c1-15-13-19(20(27-3)14-18(15)22)23-21(26)25-11-9-24(10-12-25)16(2)17-7-5-4-6-8-17/h4-8,13-14,16H,9-12H2,1-3H3,(H,23,26). The van der Waals surface area contributed by atoms with E-state index in [0.717, 1.165) is 18.7 Å². The van der Waals surface area contributed by atoms with Gasteiger partial charge < -0.3 is 15.0 Å². The number of hydrogen-bond acceptors (Lipinski definition) is 3. The fourth-order valence-electron chi connectivity index (χ4n) is 3.38. The molecule has 0 bridgehead atoms. The predicted octanol–water partition coefficient (Wildman–Crippen LogP) is 4.57. The predicted molar refractivity (Wildman–Crippen MR) is 110 cm³/mol. The lowest BCUT2D eigenvalue weighted by Crippen LogP contribution is -2.50. The van der Waals surface area contributed by atoms with Crippen molar-refractivity contribution in [3.05, 3.63) is 58.6 Å². The zero-order valence-electron chi connectivity index (χ0n) is 16.0. The van der Waals surface area contributed by atoms with Crippen LogP contribution in [-0.2, 0) is 0 Å². The molecule has 0 aromatic heterocycles. The van der Waals surface area contributed by atoms with Gasteiger partial charge in [-0.3, -0.25) is 4.90 Å². The Balaban J connectivity index is 1.60. The van der Waals surface area contributed by atoms with Crippen LogP contribution in [0, 0.1) is 6.92 Å². The van der Waals surface area contributed by atoms with Gasteiger partial charge in [-0.25, -0.2) is 4.79 Å². The van der Waals surface area contributed by atoms with Crippen molar-refractivity contribution in [2.45, 2.75) is 19.9 Å². The van der Waals surface area contributed by atoms with Crippen LogP contribution in [-0.4, -0.2) is 49.1 Å². The first-order valence-corrected chi connectivity index (χ1v) is 9.56. The summed E-state index contributed by atoms with van der Waals surface area (Å²) in [6, 6.07) is 14.3. The number of nitrogens with zero attached hydrogens (tertiary/aromatic N) is 2. The monoisotopic (exact) mass is 387 g/mol. The van der Waals surface area contributed by atoms with E-state index in [4.69, 9.17) is 16.3 Å². The van der Waals surface area contributed by atoms with Crippen LogP contribution in [0.1, 0.15) is 24.1 Å². The second-order valence-electron chi connectivity index (χ2n) is 6.84. The first-order chi connectivity index (χ1) is 13.0. The largest absolute Gasteiger partial charge is 0.495 e. The second kappa shape index (κ2) is 8.63. The van der Waals surface area contributed by atoms with Crippen LogP contribution in [0.2, 0.25) is 5.02 Å². The number of ether oxygens (including phenoxy) is 1. The van der Waals surface area contributed by atoms with Crippen LogP contribution in [0.15, 0.2) is 42.5 Å². The summed E-state index contributed by atoms with van der Waals surface area (Å²) >= 11 is 6.14. The van der Waals surface area contributed by atoms with Gasteiger partial charge in [0.15, 0.2) is 0 Å². The van der Waals surface area contributed by atoms with Gasteiger partial charge in [0.2, 0.25) is 0 Å². The number of piperazine rings is 1. The maximum Gasteiger partial charge on any atom is 0.322 e. The molecule has 5 nitrogen and oxygen atoms in total. The number of methoxy groups -OCH3 is 1. The average Bonchev–Trinajstić information content (AvgIpc) is 2.70. The summed E-state index contributed by atoms with van der Waals surface area (Å²) in [5.41, 5.74) is 2.84. The SMILES string of the molecule is COc1cc(Cl)c(C)cc1NC(=O)N1CCN(C(C)c2ccccc2)CC1. The van der Waals surface area contributed by atoms with E-state index >= 15 is 0 Å². The van der Waals surface area contributed by atoms with E-state index in [-0.39, 0.29) is 6.03 Å². The second-order valence-corrected chi connectivity index (χ2v) is 7.25. The summed E-state index contributed by atoms with van der Waals surface area (Å²) in [4.78, 5) is 16.9. The first-order valence-electron chi connectivity index (χ1n) is 9.18. The Labute approximate surface area is 165 Å². The molecule has 1 atom stereocenters. The minimum atomic E-state index is -0.109. The quantitative estimate of drug-likeness (QED) is 0.835. The first kappa shape index (κ1) is 19.5. The normalized spacial score (nSPS) is 16.1. The van der Waals surface area contributed by atoms with Crippen LogP contribution in [0.4, 0.5) is 10.5 Å². The van der Waals surface area contributed by atoms with E-state index < -0.39 is 0 Å². The number of nitrogens with one attached hydrogen (secondary N) is 1. The van der Waals surface area contributed by atoms with Crippen LogP contribution in [0.25, 0.3) is 0 Å². The fraction of sp³-hybridized carbons (Fsp3) is 0.381. The van der Waals surface area contributed by atoms with Crippen molar-refractivity contribution >= 4 is 23.3 Å². The third-order valence-corrected chi connectivity index (χ3v) is 5.56. The van der Waals surface area contributed by atoms with E-state index in [9.17, 15) is 4.79 Å². The van der Waals surface area contributed by atoms with Gasteiger partial charge in [0, 0.05) is 43.3 Å². The van der Waals surface area contributed by atoms with Crippen molar-refractivity contribution in [1.82, 2.24) is 9.80 Å². The Morgan fingerprint density at radius 2 is 1.81 bits per heavy atom. The molecule has 1 aliphatic heterocycles. The van der Waals surface area contributed by atoms with Gasteiger partial charge in [0.25, 0.3) is 0 Å². The highest BCUT2D eigenvalue weighted by atomic mass is 35.5. The number of halogens is 1. The van der Waals surface area contributed by atoms with Crippen molar-refractivity contribution in [2.75, 3.05) is 38.6 Å². The Morgan fingerprint density at radius 3 is 2.44 bits per heavy atom. The molecule has 0 radical (unpaired) electrons. The van der Waals surface area contributed by atoms with E-state index in [1.54, 1.807) is 13.2 Å². The topological polar surface area (TPSA) is 44.8 Å². The van der Waals surface area contributed by atoms with Gasteiger partial charge in [-0.2, -0.15) is 0 Å². The molecule has 2 amide bonds. The molecule has 1 fully saturated rings. The molecule has 0 saturated carbocycles. The Morgan fingerprint density at radius 1 is 1.15 bits per heavy atom. The van der Waals surface area contributed by atoms with Crippen molar-refractivity contribution < 1.29 is 9.53 Å². The maximum absolute atomic E-state index is 12.7. The molecule has 2 aromatic rings. The molecule has 1 N–H and O–H groups in total. The number of aryl methyl sites for hydroxylation is 1. The molecular weight excluding hydrogens is 362 g/mol. The minimum Gasteiger partial charge on any atom is -0.495 e. The van der Waals surface area contributed by atoms with Crippen LogP contribution < -0.4 is 10.1 Å². The molecule has 0 spiro atoms. The average molecular weight is 388 g/mol. The lowest BCUT2D eigenvalue weighted by Gasteiger charge is -2.38. The van der Waals surface area contributed by atoms with Gasteiger partial charge in [-0.05, 0) is 31.0 Å². The molecule has 27 heavy (non-hydrogen) atoms. The third-order valence-electron chi connectivity index (χ3n) is 5.15. The molecule has 1 unspecified atom stereocenters. The van der Waals surface area contributed by atoms with Gasteiger partial charge in [0.1, 0.15) is 5.75 Å². The zero-order valence-corrected chi connectivity index (χ0v) is 16.8. The molecule has 2 aromatic carbocycles. The van der Waals surface area contributed by atoms with E-state index in [0.29, 0.717) is 35.6 Å². The molecule has 0 aliphatic carbocycles. The summed E-state index contributed by atoms with van der Waals surface area (Å²) in [6.45, 7) is 7.20. The summed E-state index contributed by atoms with van der Waals surface area (Å²) < 4.78 is 5.34. The number of benzene rings is 2. The van der Waals surface area contributed by atoms with Crippen molar-refractivity contribution in [1.29, 1.82) is 0 Å². The van der Waals surface area contributed by atoms with Crippen molar-refractivity contribution in [3.63, 3.8) is 0 Å². The van der Waals surface area contributed by atoms with Crippen LogP contribution >= 0.6 is 11.6 Å². The minimum absolute atomic E-state index is 0.109. The highest BCUT2D eigenvalue weighted by molar-refractivity contribution is 6.31. The molecule has 6 heteroatoms. The van der Waals surface area contributed by atoms with E-state index in [1.165, 1.54) is 5.56 Å². The maximum atomic E-state index is 12.7. The van der Waals surface area contributed by atoms with Gasteiger partial charge in [-0.1, -0.05) is 41.9 Å². The summed E-state index contributed by atoms with van der Waals surface area (Å²) in [6.07, 6.45) is 0. The van der Waals surface area contributed by atoms with Gasteiger partial charge in [0.05, 0.1) is 12.8 Å². The van der Waals surface area contributed by atoms with Crippen LogP contribution in [0.5, 0.6) is 5.75 Å². The number of anilines is 1. The number of carbonyl (C=O) groups excluding carboxylic acids is 1.